The van der Waals surface area contributed by atoms with Crippen molar-refractivity contribution in [3.8, 4) is 0 Å². The molecule has 0 radical (unpaired) electrons. The maximum atomic E-state index is 12.8. The van der Waals surface area contributed by atoms with Gasteiger partial charge in [-0.05, 0) is 19.3 Å². The largest absolute Gasteiger partial charge is 0.481 e. The molecule has 0 heterocycles. The molecule has 0 rings (SSSR count). The summed E-state index contributed by atoms with van der Waals surface area (Å²) in [5, 5.41) is 24.8. The van der Waals surface area contributed by atoms with Crippen molar-refractivity contribution in [3.63, 3.8) is 0 Å². The zero-order chi connectivity index (χ0) is 26.4. The molecule has 0 saturated heterocycles. The smallest absolute Gasteiger partial charge is 0.326 e. The van der Waals surface area contributed by atoms with E-state index in [0.29, 0.717) is 0 Å². The van der Waals surface area contributed by atoms with E-state index in [2.05, 4.69) is 28.6 Å². The predicted molar refractivity (Wildman–Crippen MR) is 119 cm³/mol. The highest BCUT2D eigenvalue weighted by Crippen LogP contribution is 2.05. The Labute approximate surface area is 199 Å². The number of rotatable bonds is 17. The normalized spacial score (nSPS) is 14.1. The quantitative estimate of drug-likeness (QED) is 0.0867. The number of primary amides is 2. The second-order valence-electron chi connectivity index (χ2n) is 7.25. The van der Waals surface area contributed by atoms with E-state index in [1.54, 1.807) is 0 Å². The van der Waals surface area contributed by atoms with Crippen molar-refractivity contribution >= 4 is 54.1 Å². The number of carbonyl (C=O) groups is 7. The van der Waals surface area contributed by atoms with Gasteiger partial charge in [0.25, 0.3) is 0 Å². The number of thiol groups is 1. The molecule has 0 aliphatic heterocycles. The van der Waals surface area contributed by atoms with Gasteiger partial charge < -0.3 is 43.4 Å². The van der Waals surface area contributed by atoms with Crippen molar-refractivity contribution in [1.82, 2.24) is 16.0 Å². The average Bonchev–Trinajstić information content (AvgIpc) is 2.74. The molecule has 4 unspecified atom stereocenters. The van der Waals surface area contributed by atoms with Crippen LogP contribution in [-0.2, 0) is 33.6 Å². The average molecular weight is 507 g/mol. The van der Waals surface area contributed by atoms with Crippen molar-refractivity contribution in [3.05, 3.63) is 0 Å². The fourth-order valence-electron chi connectivity index (χ4n) is 2.54. The van der Waals surface area contributed by atoms with Gasteiger partial charge in [0.1, 0.15) is 18.1 Å². The third-order valence-electron chi connectivity index (χ3n) is 4.42. The minimum Gasteiger partial charge on any atom is -0.481 e. The minimum absolute atomic E-state index is 0.0541. The van der Waals surface area contributed by atoms with Crippen LogP contribution in [0.2, 0.25) is 0 Å². The molecule has 0 aliphatic carbocycles. The van der Waals surface area contributed by atoms with Crippen molar-refractivity contribution in [1.29, 1.82) is 0 Å². The van der Waals surface area contributed by atoms with Crippen LogP contribution in [0.1, 0.15) is 38.5 Å². The number of hydrogen-bond donors (Lipinski definition) is 9. The van der Waals surface area contributed by atoms with Gasteiger partial charge >= 0.3 is 11.9 Å². The molecule has 11 N–H and O–H groups in total. The van der Waals surface area contributed by atoms with Crippen LogP contribution in [-0.4, -0.2) is 81.6 Å². The first-order valence-electron chi connectivity index (χ1n) is 10.1. The lowest BCUT2D eigenvalue weighted by Crippen LogP contribution is -2.57. The van der Waals surface area contributed by atoms with Crippen LogP contribution in [0.15, 0.2) is 0 Å². The molecule has 0 fully saturated rings. The molecular weight excluding hydrogens is 476 g/mol. The highest BCUT2D eigenvalue weighted by atomic mass is 32.1. The van der Waals surface area contributed by atoms with Crippen molar-refractivity contribution < 1.29 is 43.8 Å². The van der Waals surface area contributed by atoms with Gasteiger partial charge in [0.15, 0.2) is 0 Å². The first-order chi connectivity index (χ1) is 15.8. The lowest BCUT2D eigenvalue weighted by molar-refractivity contribution is -0.143. The van der Waals surface area contributed by atoms with Gasteiger partial charge in [0.2, 0.25) is 29.5 Å². The molecule has 0 saturated carbocycles. The molecule has 0 aromatic carbocycles. The van der Waals surface area contributed by atoms with E-state index in [0.717, 1.165) is 0 Å². The Bertz CT molecular complexity index is 794. The molecule has 0 aromatic heterocycles. The number of aliphatic carboxylic acids is 2. The Morgan fingerprint density at radius 1 is 0.676 bits per heavy atom. The Morgan fingerprint density at radius 2 is 1.06 bits per heavy atom. The number of nitrogens with two attached hydrogens (primary N) is 3. The Morgan fingerprint density at radius 3 is 1.44 bits per heavy atom. The number of amides is 5. The van der Waals surface area contributed by atoms with Crippen LogP contribution < -0.4 is 33.2 Å². The molecule has 0 bridgehead atoms. The molecule has 34 heavy (non-hydrogen) atoms. The van der Waals surface area contributed by atoms with Crippen LogP contribution >= 0.6 is 12.6 Å². The van der Waals surface area contributed by atoms with E-state index in [-0.39, 0.29) is 31.4 Å². The zero-order valence-corrected chi connectivity index (χ0v) is 19.1. The molecule has 192 valence electrons. The predicted octanol–water partition coefficient (Wildman–Crippen LogP) is -3.82. The molecule has 0 aliphatic rings. The maximum Gasteiger partial charge on any atom is 0.326 e. The van der Waals surface area contributed by atoms with Gasteiger partial charge in [-0.1, -0.05) is 0 Å². The van der Waals surface area contributed by atoms with Gasteiger partial charge in [-0.3, -0.25) is 28.8 Å². The topological polar surface area (TPSA) is 274 Å². The van der Waals surface area contributed by atoms with E-state index >= 15 is 0 Å². The van der Waals surface area contributed by atoms with E-state index < -0.39 is 78.5 Å². The lowest BCUT2D eigenvalue weighted by Gasteiger charge is -2.24. The summed E-state index contributed by atoms with van der Waals surface area (Å²) in [6.45, 7) is 0. The number of hydrogen-bond acceptors (Lipinski definition) is 9. The molecule has 4 atom stereocenters. The van der Waals surface area contributed by atoms with Crippen LogP contribution in [0.25, 0.3) is 0 Å². The number of nitrogens with one attached hydrogen (secondary N) is 3. The Kier molecular flexibility index (Phi) is 13.9. The third kappa shape index (κ3) is 12.6. The first-order valence-corrected chi connectivity index (χ1v) is 10.7. The van der Waals surface area contributed by atoms with Crippen molar-refractivity contribution in [2.75, 3.05) is 5.75 Å². The summed E-state index contributed by atoms with van der Waals surface area (Å²) in [6.07, 6.45) is -2.25. The Balaban J connectivity index is 5.59. The van der Waals surface area contributed by atoms with Gasteiger partial charge in [0.05, 0.1) is 6.04 Å². The fraction of sp³-hybridized carbons (Fsp3) is 0.611. The second-order valence-corrected chi connectivity index (χ2v) is 7.62. The molecule has 0 spiro atoms. The standard InChI is InChI=1S/C18H30N6O9S/c19-8(7-34)15(29)22-9(1-4-12(20)25)16(30)23-10(3-6-14(27)28)17(31)24-11(18(32)33)2-5-13(21)26/h8-11,34H,1-7,19H2,(H2,20,25)(H2,21,26)(H,22,29)(H,23,30)(H,24,31)(H,27,28)(H,32,33). The first kappa shape index (κ1) is 30.6. The van der Waals surface area contributed by atoms with E-state index in [9.17, 15) is 38.7 Å². The van der Waals surface area contributed by atoms with Gasteiger partial charge in [-0.2, -0.15) is 12.6 Å². The summed E-state index contributed by atoms with van der Waals surface area (Å²) >= 11 is 3.88. The van der Waals surface area contributed by atoms with Crippen molar-refractivity contribution in [2.45, 2.75) is 62.7 Å². The molecular formula is C18H30N6O9S. The van der Waals surface area contributed by atoms with Gasteiger partial charge in [-0.25, -0.2) is 4.79 Å². The zero-order valence-electron chi connectivity index (χ0n) is 18.2. The molecule has 16 heteroatoms. The molecule has 5 amide bonds. The molecule has 0 aromatic rings. The highest BCUT2D eigenvalue weighted by molar-refractivity contribution is 7.80. The summed E-state index contributed by atoms with van der Waals surface area (Å²) in [5.74, 6) is -7.19. The monoisotopic (exact) mass is 506 g/mol. The van der Waals surface area contributed by atoms with Crippen LogP contribution in [0.5, 0.6) is 0 Å². The summed E-state index contributed by atoms with van der Waals surface area (Å²) in [7, 11) is 0. The number of carbonyl (C=O) groups excluding carboxylic acids is 5. The van der Waals surface area contributed by atoms with E-state index in [1.807, 2.05) is 0 Å². The van der Waals surface area contributed by atoms with Crippen LogP contribution in [0.3, 0.4) is 0 Å². The SMILES string of the molecule is NC(=O)CCC(NC(=O)C(CCC(=O)O)NC(=O)C(CCC(N)=O)NC(=O)C(N)CS)C(=O)O. The third-order valence-corrected chi connectivity index (χ3v) is 4.81. The number of carboxylic acid groups (broad SMARTS) is 2. The summed E-state index contributed by atoms with van der Waals surface area (Å²) in [5.41, 5.74) is 15.6. The second kappa shape index (κ2) is 15.4. The summed E-state index contributed by atoms with van der Waals surface area (Å²) < 4.78 is 0. The van der Waals surface area contributed by atoms with Crippen molar-refractivity contribution in [2.24, 2.45) is 17.2 Å². The van der Waals surface area contributed by atoms with Crippen LogP contribution in [0.4, 0.5) is 0 Å². The summed E-state index contributed by atoms with van der Waals surface area (Å²) in [6, 6.07) is -5.51. The summed E-state index contributed by atoms with van der Waals surface area (Å²) in [4.78, 5) is 81.8. The van der Waals surface area contributed by atoms with Gasteiger partial charge in [-0.15, -0.1) is 0 Å². The van der Waals surface area contributed by atoms with Gasteiger partial charge in [0, 0.05) is 25.0 Å². The van der Waals surface area contributed by atoms with E-state index in [1.165, 1.54) is 0 Å². The van der Waals surface area contributed by atoms with Crippen LogP contribution in [0, 0.1) is 0 Å². The fourth-order valence-corrected chi connectivity index (χ4v) is 2.71. The lowest BCUT2D eigenvalue weighted by atomic mass is 10.1. The number of carboxylic acids is 2. The Hall–Kier alpha value is -3.40. The molecule has 15 nitrogen and oxygen atoms in total. The maximum absolute atomic E-state index is 12.8. The van der Waals surface area contributed by atoms with E-state index in [4.69, 9.17) is 22.3 Å². The minimum atomic E-state index is -1.54. The highest BCUT2D eigenvalue weighted by Gasteiger charge is 2.30.